The normalized spacial score (nSPS) is 29.7. The van der Waals surface area contributed by atoms with Crippen molar-refractivity contribution >= 4 is 5.91 Å². The van der Waals surface area contributed by atoms with Crippen molar-refractivity contribution in [3.8, 4) is 0 Å². The summed E-state index contributed by atoms with van der Waals surface area (Å²) in [5, 5.41) is 6.34. The van der Waals surface area contributed by atoms with Gasteiger partial charge in [-0.1, -0.05) is 6.08 Å². The Hall–Kier alpha value is -1.03. The maximum atomic E-state index is 11.9. The zero-order chi connectivity index (χ0) is 12.1. The molecule has 4 heteroatoms. The Morgan fingerprint density at radius 1 is 1.53 bits per heavy atom. The molecule has 96 valence electrons. The summed E-state index contributed by atoms with van der Waals surface area (Å²) in [5.41, 5.74) is 0. The molecule has 0 saturated carbocycles. The van der Waals surface area contributed by atoms with Crippen LogP contribution < -0.4 is 10.6 Å². The van der Waals surface area contributed by atoms with Gasteiger partial charge in [-0.05, 0) is 45.5 Å². The van der Waals surface area contributed by atoms with Crippen LogP contribution in [0.15, 0.2) is 12.3 Å². The highest BCUT2D eigenvalue weighted by molar-refractivity contribution is 5.77. The fraction of sp³-hybridized carbons (Fsp3) is 0.769. The van der Waals surface area contributed by atoms with E-state index in [1.807, 2.05) is 6.20 Å². The summed E-state index contributed by atoms with van der Waals surface area (Å²) in [6.45, 7) is 2.08. The monoisotopic (exact) mass is 237 g/mol. The molecule has 0 radical (unpaired) electrons. The molecule has 2 heterocycles. The molecule has 2 aliphatic heterocycles. The van der Waals surface area contributed by atoms with Crippen LogP contribution in [0.2, 0.25) is 0 Å². The number of amides is 1. The lowest BCUT2D eigenvalue weighted by Crippen LogP contribution is -2.39. The van der Waals surface area contributed by atoms with Gasteiger partial charge in [0.25, 0.3) is 0 Å². The van der Waals surface area contributed by atoms with Gasteiger partial charge in [0.1, 0.15) is 0 Å². The van der Waals surface area contributed by atoms with Gasteiger partial charge in [0.15, 0.2) is 0 Å². The number of nitrogens with zero attached hydrogens (tertiary/aromatic N) is 1. The lowest BCUT2D eigenvalue weighted by Gasteiger charge is -2.21. The van der Waals surface area contributed by atoms with Crippen LogP contribution in [0.4, 0.5) is 0 Å². The first-order chi connectivity index (χ1) is 8.25. The van der Waals surface area contributed by atoms with Gasteiger partial charge in [0, 0.05) is 25.0 Å². The first-order valence-corrected chi connectivity index (χ1v) is 6.63. The summed E-state index contributed by atoms with van der Waals surface area (Å²) in [7, 11) is 2.11. The van der Waals surface area contributed by atoms with E-state index in [2.05, 4.69) is 28.7 Å². The van der Waals surface area contributed by atoms with E-state index in [0.717, 1.165) is 32.4 Å². The molecule has 17 heavy (non-hydrogen) atoms. The molecule has 2 rings (SSSR count). The van der Waals surface area contributed by atoms with Crippen LogP contribution in [-0.2, 0) is 4.79 Å². The van der Waals surface area contributed by atoms with Crippen molar-refractivity contribution in [1.29, 1.82) is 0 Å². The standard InChI is InChI=1S/C13H23N3O/c1-16-9-3-5-12(16)10-13(17)15-11-4-2-7-14-8-6-11/h2,7,11-12,14H,3-6,8-10H2,1H3,(H,15,17)/t11?,12-/m0/s1. The fourth-order valence-corrected chi connectivity index (χ4v) is 2.64. The van der Waals surface area contributed by atoms with Gasteiger partial charge in [-0.3, -0.25) is 4.79 Å². The summed E-state index contributed by atoms with van der Waals surface area (Å²) in [6.07, 6.45) is 9.08. The van der Waals surface area contributed by atoms with Gasteiger partial charge in [0.2, 0.25) is 5.91 Å². The van der Waals surface area contributed by atoms with Crippen LogP contribution >= 0.6 is 0 Å². The van der Waals surface area contributed by atoms with E-state index in [0.29, 0.717) is 18.5 Å². The molecule has 4 nitrogen and oxygen atoms in total. The van der Waals surface area contributed by atoms with E-state index in [1.165, 1.54) is 6.42 Å². The maximum absolute atomic E-state index is 11.9. The van der Waals surface area contributed by atoms with E-state index in [4.69, 9.17) is 0 Å². The molecule has 0 aromatic heterocycles. The van der Waals surface area contributed by atoms with Crippen molar-refractivity contribution in [2.75, 3.05) is 20.1 Å². The summed E-state index contributed by atoms with van der Waals surface area (Å²) < 4.78 is 0. The molecule has 2 atom stereocenters. The lowest BCUT2D eigenvalue weighted by molar-refractivity contribution is -0.122. The minimum atomic E-state index is 0.212. The summed E-state index contributed by atoms with van der Waals surface area (Å²) in [5.74, 6) is 0.212. The Kier molecular flexibility index (Phi) is 4.42. The van der Waals surface area contributed by atoms with Crippen LogP contribution in [-0.4, -0.2) is 43.0 Å². The van der Waals surface area contributed by atoms with Crippen LogP contribution in [0.5, 0.6) is 0 Å². The molecule has 1 fully saturated rings. The van der Waals surface area contributed by atoms with Gasteiger partial charge in [-0.15, -0.1) is 0 Å². The van der Waals surface area contributed by atoms with Gasteiger partial charge in [-0.2, -0.15) is 0 Å². The molecule has 0 aromatic carbocycles. The third-order valence-corrected chi connectivity index (χ3v) is 3.75. The number of nitrogens with one attached hydrogen (secondary N) is 2. The minimum absolute atomic E-state index is 0.212. The Morgan fingerprint density at radius 3 is 3.18 bits per heavy atom. The molecule has 0 aromatic rings. The summed E-state index contributed by atoms with van der Waals surface area (Å²) >= 11 is 0. The average molecular weight is 237 g/mol. The highest BCUT2D eigenvalue weighted by atomic mass is 16.1. The molecule has 2 N–H and O–H groups in total. The Labute approximate surface area is 103 Å². The number of carbonyl (C=O) groups is 1. The zero-order valence-electron chi connectivity index (χ0n) is 10.6. The molecule has 1 amide bonds. The molecule has 1 saturated heterocycles. The van der Waals surface area contributed by atoms with Crippen LogP contribution in [0.25, 0.3) is 0 Å². The van der Waals surface area contributed by atoms with E-state index >= 15 is 0 Å². The second-order valence-corrected chi connectivity index (χ2v) is 5.13. The second-order valence-electron chi connectivity index (χ2n) is 5.13. The van der Waals surface area contributed by atoms with E-state index < -0.39 is 0 Å². The molecule has 0 aliphatic carbocycles. The number of hydrogen-bond acceptors (Lipinski definition) is 3. The third kappa shape index (κ3) is 3.73. The Morgan fingerprint density at radius 2 is 2.41 bits per heavy atom. The minimum Gasteiger partial charge on any atom is -0.391 e. The summed E-state index contributed by atoms with van der Waals surface area (Å²) in [4.78, 5) is 14.2. The molecular formula is C13H23N3O. The van der Waals surface area contributed by atoms with Crippen LogP contribution in [0.1, 0.15) is 32.1 Å². The smallest absolute Gasteiger partial charge is 0.221 e. The fourth-order valence-electron chi connectivity index (χ4n) is 2.64. The van der Waals surface area contributed by atoms with Crippen molar-refractivity contribution in [2.24, 2.45) is 0 Å². The van der Waals surface area contributed by atoms with Gasteiger partial charge >= 0.3 is 0 Å². The van der Waals surface area contributed by atoms with Crippen molar-refractivity contribution in [3.63, 3.8) is 0 Å². The Bertz CT molecular complexity index is 290. The lowest BCUT2D eigenvalue weighted by atomic mass is 10.1. The molecule has 1 unspecified atom stereocenters. The van der Waals surface area contributed by atoms with E-state index in [1.54, 1.807) is 0 Å². The average Bonchev–Trinajstić information content (AvgIpc) is 2.55. The topological polar surface area (TPSA) is 44.4 Å². The predicted octanol–water partition coefficient (Wildman–Crippen LogP) is 0.853. The quantitative estimate of drug-likeness (QED) is 0.765. The SMILES string of the molecule is CN1CCC[C@H]1CC(=O)NC1CC=CNCC1. The van der Waals surface area contributed by atoms with Crippen LogP contribution in [0, 0.1) is 0 Å². The molecule has 2 aliphatic rings. The van der Waals surface area contributed by atoms with Crippen molar-refractivity contribution < 1.29 is 4.79 Å². The highest BCUT2D eigenvalue weighted by Gasteiger charge is 2.24. The number of likely N-dealkylation sites (tertiary alicyclic amines) is 1. The second kappa shape index (κ2) is 6.05. The Balaban J connectivity index is 1.74. The van der Waals surface area contributed by atoms with Gasteiger partial charge in [0.05, 0.1) is 0 Å². The number of rotatable bonds is 3. The molecule has 0 bridgehead atoms. The van der Waals surface area contributed by atoms with Crippen molar-refractivity contribution in [1.82, 2.24) is 15.5 Å². The molecule has 0 spiro atoms. The van der Waals surface area contributed by atoms with E-state index in [9.17, 15) is 4.79 Å². The predicted molar refractivity (Wildman–Crippen MR) is 68.6 cm³/mol. The third-order valence-electron chi connectivity index (χ3n) is 3.75. The zero-order valence-corrected chi connectivity index (χ0v) is 10.6. The number of carbonyl (C=O) groups excluding carboxylic acids is 1. The van der Waals surface area contributed by atoms with E-state index in [-0.39, 0.29) is 5.91 Å². The number of hydrogen-bond donors (Lipinski definition) is 2. The molecular weight excluding hydrogens is 214 g/mol. The van der Waals surface area contributed by atoms with Crippen LogP contribution in [0.3, 0.4) is 0 Å². The van der Waals surface area contributed by atoms with Crippen molar-refractivity contribution in [3.05, 3.63) is 12.3 Å². The highest BCUT2D eigenvalue weighted by Crippen LogP contribution is 2.17. The largest absolute Gasteiger partial charge is 0.391 e. The first kappa shape index (κ1) is 12.4. The summed E-state index contributed by atoms with van der Waals surface area (Å²) in [6, 6.07) is 0.759. The van der Waals surface area contributed by atoms with Crippen molar-refractivity contribution in [2.45, 2.75) is 44.2 Å². The maximum Gasteiger partial charge on any atom is 0.221 e. The van der Waals surface area contributed by atoms with Gasteiger partial charge < -0.3 is 15.5 Å². The first-order valence-electron chi connectivity index (χ1n) is 6.63. The van der Waals surface area contributed by atoms with Gasteiger partial charge in [-0.25, -0.2) is 0 Å².